The first-order valence-electron chi connectivity index (χ1n) is 7.28. The number of aromatic nitrogens is 4. The van der Waals surface area contributed by atoms with Crippen LogP contribution < -0.4 is 5.32 Å². The van der Waals surface area contributed by atoms with E-state index in [2.05, 4.69) is 43.1 Å². The fourth-order valence-electron chi connectivity index (χ4n) is 2.18. The largest absolute Gasteiger partial charge is 0.370 e. The molecule has 5 nitrogen and oxygen atoms in total. The summed E-state index contributed by atoms with van der Waals surface area (Å²) in [5.74, 6) is 2.21. The zero-order chi connectivity index (χ0) is 14.5. The molecule has 20 heavy (non-hydrogen) atoms. The molecule has 108 valence electrons. The molecule has 0 aliphatic carbocycles. The minimum atomic E-state index is 0.573. The van der Waals surface area contributed by atoms with Gasteiger partial charge >= 0.3 is 0 Å². The zero-order valence-corrected chi connectivity index (χ0v) is 12.7. The average Bonchev–Trinajstić information content (AvgIpc) is 2.86. The Kier molecular flexibility index (Phi) is 4.71. The highest BCUT2D eigenvalue weighted by atomic mass is 15.3. The summed E-state index contributed by atoms with van der Waals surface area (Å²) in [6, 6.07) is 4.01. The van der Waals surface area contributed by atoms with Gasteiger partial charge in [0.15, 0.2) is 5.82 Å². The van der Waals surface area contributed by atoms with Crippen molar-refractivity contribution in [2.24, 2.45) is 5.92 Å². The highest BCUT2D eigenvalue weighted by Crippen LogP contribution is 2.19. The van der Waals surface area contributed by atoms with E-state index in [-0.39, 0.29) is 0 Å². The van der Waals surface area contributed by atoms with E-state index in [1.54, 1.807) is 6.20 Å². The summed E-state index contributed by atoms with van der Waals surface area (Å²) in [5.41, 5.74) is 2.04. The van der Waals surface area contributed by atoms with Gasteiger partial charge in [-0.3, -0.25) is 4.68 Å². The molecule has 0 aromatic carbocycles. The van der Waals surface area contributed by atoms with Gasteiger partial charge in [0.2, 0.25) is 0 Å². The summed E-state index contributed by atoms with van der Waals surface area (Å²) in [6.07, 6.45) is 2.75. The molecule has 0 saturated carbocycles. The molecular formula is C15H23N5. The zero-order valence-electron chi connectivity index (χ0n) is 12.7. The van der Waals surface area contributed by atoms with E-state index in [0.717, 1.165) is 42.5 Å². The van der Waals surface area contributed by atoms with Crippen LogP contribution in [0.2, 0.25) is 0 Å². The van der Waals surface area contributed by atoms with Gasteiger partial charge in [0.25, 0.3) is 0 Å². The summed E-state index contributed by atoms with van der Waals surface area (Å²) in [6.45, 7) is 10.2. The Hall–Kier alpha value is -1.91. The molecule has 0 bridgehead atoms. The van der Waals surface area contributed by atoms with Crippen LogP contribution in [0.3, 0.4) is 0 Å². The first-order chi connectivity index (χ1) is 9.63. The van der Waals surface area contributed by atoms with Crippen LogP contribution in [0.5, 0.6) is 0 Å². The van der Waals surface area contributed by atoms with Crippen molar-refractivity contribution in [1.82, 2.24) is 19.7 Å². The van der Waals surface area contributed by atoms with Crippen molar-refractivity contribution >= 4 is 5.82 Å². The normalized spacial score (nSPS) is 11.1. The lowest BCUT2D eigenvalue weighted by molar-refractivity contribution is 0.632. The van der Waals surface area contributed by atoms with E-state index in [4.69, 9.17) is 4.98 Å². The van der Waals surface area contributed by atoms with Gasteiger partial charge in [-0.05, 0) is 32.3 Å². The third-order valence-corrected chi connectivity index (χ3v) is 3.00. The van der Waals surface area contributed by atoms with Gasteiger partial charge in [-0.2, -0.15) is 5.10 Å². The van der Waals surface area contributed by atoms with Crippen LogP contribution in [0.15, 0.2) is 18.3 Å². The van der Waals surface area contributed by atoms with Crippen molar-refractivity contribution in [2.75, 3.05) is 11.9 Å². The topological polar surface area (TPSA) is 55.6 Å². The minimum absolute atomic E-state index is 0.573. The predicted octanol–water partition coefficient (Wildman–Crippen LogP) is 2.99. The molecule has 0 radical (unpaired) electrons. The quantitative estimate of drug-likeness (QED) is 0.879. The second kappa shape index (κ2) is 6.50. The van der Waals surface area contributed by atoms with Gasteiger partial charge in [0.05, 0.1) is 0 Å². The van der Waals surface area contributed by atoms with E-state index in [0.29, 0.717) is 5.92 Å². The monoisotopic (exact) mass is 273 g/mol. The molecular weight excluding hydrogens is 250 g/mol. The molecule has 0 unspecified atom stereocenters. The molecule has 0 amide bonds. The van der Waals surface area contributed by atoms with E-state index >= 15 is 0 Å². The number of nitrogens with zero attached hydrogens (tertiary/aromatic N) is 4. The summed E-state index contributed by atoms with van der Waals surface area (Å²) < 4.78 is 1.92. The Morgan fingerprint density at radius 3 is 2.70 bits per heavy atom. The van der Waals surface area contributed by atoms with Gasteiger partial charge in [-0.1, -0.05) is 13.8 Å². The molecule has 0 atom stereocenters. The van der Waals surface area contributed by atoms with Crippen LogP contribution in [0.1, 0.15) is 33.4 Å². The smallest absolute Gasteiger partial charge is 0.180 e. The second-order valence-corrected chi connectivity index (χ2v) is 5.23. The number of aryl methyl sites for hydroxylation is 1. The number of hydrogen-bond acceptors (Lipinski definition) is 4. The molecule has 0 aliphatic heterocycles. The van der Waals surface area contributed by atoms with Crippen LogP contribution in [0.25, 0.3) is 11.5 Å². The number of rotatable bonds is 6. The lowest BCUT2D eigenvalue weighted by Gasteiger charge is -2.11. The highest BCUT2D eigenvalue weighted by molar-refractivity contribution is 5.53. The lowest BCUT2D eigenvalue weighted by atomic mass is 10.1. The molecule has 0 saturated heterocycles. The molecule has 2 rings (SSSR count). The Balaban J connectivity index is 2.43. The maximum Gasteiger partial charge on any atom is 0.180 e. The van der Waals surface area contributed by atoms with Crippen LogP contribution in [0.4, 0.5) is 5.82 Å². The van der Waals surface area contributed by atoms with Crippen molar-refractivity contribution < 1.29 is 0 Å². The Labute approximate surface area is 120 Å². The molecule has 0 fully saturated rings. The molecule has 2 aromatic rings. The van der Waals surface area contributed by atoms with Gasteiger partial charge in [-0.15, -0.1) is 0 Å². The van der Waals surface area contributed by atoms with Gasteiger partial charge in [-0.25, -0.2) is 9.97 Å². The van der Waals surface area contributed by atoms with E-state index in [9.17, 15) is 0 Å². The molecule has 5 heteroatoms. The Morgan fingerprint density at radius 1 is 1.25 bits per heavy atom. The minimum Gasteiger partial charge on any atom is -0.370 e. The summed E-state index contributed by atoms with van der Waals surface area (Å²) in [5, 5.41) is 7.57. The fourth-order valence-corrected chi connectivity index (χ4v) is 2.18. The van der Waals surface area contributed by atoms with E-state index in [1.165, 1.54) is 0 Å². The van der Waals surface area contributed by atoms with E-state index < -0.39 is 0 Å². The third kappa shape index (κ3) is 3.35. The average molecular weight is 273 g/mol. The number of anilines is 1. The molecule has 0 spiro atoms. The second-order valence-electron chi connectivity index (χ2n) is 5.23. The number of hydrogen-bond donors (Lipinski definition) is 1. The van der Waals surface area contributed by atoms with Gasteiger partial charge < -0.3 is 5.32 Å². The van der Waals surface area contributed by atoms with Crippen LogP contribution in [0, 0.1) is 5.92 Å². The first kappa shape index (κ1) is 14.5. The van der Waals surface area contributed by atoms with Crippen molar-refractivity contribution in [3.8, 4) is 11.5 Å². The molecule has 2 aromatic heterocycles. The SMILES string of the molecule is CCNc1cc(CC(C)C)nc(-c2ccnn2CC)n1. The van der Waals surface area contributed by atoms with Crippen molar-refractivity contribution in [3.63, 3.8) is 0 Å². The lowest BCUT2D eigenvalue weighted by Crippen LogP contribution is -2.08. The Bertz CT molecular complexity index is 559. The van der Waals surface area contributed by atoms with Crippen molar-refractivity contribution in [1.29, 1.82) is 0 Å². The third-order valence-electron chi connectivity index (χ3n) is 3.00. The maximum absolute atomic E-state index is 4.69. The van der Waals surface area contributed by atoms with Crippen molar-refractivity contribution in [3.05, 3.63) is 24.0 Å². The molecule has 2 heterocycles. The Morgan fingerprint density at radius 2 is 2.05 bits per heavy atom. The molecule has 1 N–H and O–H groups in total. The maximum atomic E-state index is 4.69. The van der Waals surface area contributed by atoms with Crippen LogP contribution >= 0.6 is 0 Å². The number of nitrogens with one attached hydrogen (secondary N) is 1. The van der Waals surface area contributed by atoms with Gasteiger partial charge in [0.1, 0.15) is 11.5 Å². The van der Waals surface area contributed by atoms with Crippen LogP contribution in [-0.2, 0) is 13.0 Å². The highest BCUT2D eigenvalue weighted by Gasteiger charge is 2.11. The summed E-state index contributed by atoms with van der Waals surface area (Å²) >= 11 is 0. The first-order valence-corrected chi connectivity index (χ1v) is 7.28. The standard InChI is InChI=1S/C15H23N5/c1-5-16-14-10-12(9-11(3)4)18-15(19-14)13-7-8-17-20(13)6-2/h7-8,10-11H,5-6,9H2,1-4H3,(H,16,18,19). The summed E-state index contributed by atoms with van der Waals surface area (Å²) in [7, 11) is 0. The van der Waals surface area contributed by atoms with Crippen LogP contribution in [-0.4, -0.2) is 26.3 Å². The molecule has 0 aliphatic rings. The predicted molar refractivity (Wildman–Crippen MR) is 81.6 cm³/mol. The van der Waals surface area contributed by atoms with Gasteiger partial charge in [0, 0.05) is 31.0 Å². The van der Waals surface area contributed by atoms with E-state index in [1.807, 2.05) is 16.8 Å². The van der Waals surface area contributed by atoms with Crippen molar-refractivity contribution in [2.45, 2.75) is 40.7 Å². The summed E-state index contributed by atoms with van der Waals surface area (Å²) in [4.78, 5) is 9.29. The fraction of sp³-hybridized carbons (Fsp3) is 0.533.